The van der Waals surface area contributed by atoms with Crippen LogP contribution in [0.4, 0.5) is 5.69 Å². The number of carbonyl (C=O) groups excluding carboxylic acids is 2. The van der Waals surface area contributed by atoms with Crippen molar-refractivity contribution in [3.05, 3.63) is 74.6 Å². The standard InChI is InChI=1S/C20H17N3O5S/c1-13-3-9-16-17(11-13)29-20(22(16)12-19(25)28-2)21-18(24)10-6-14-4-7-15(8-5-14)23(26)27/h3-11H,12H2,1-2H3. The van der Waals surface area contributed by atoms with E-state index in [1.807, 2.05) is 25.1 Å². The predicted octanol–water partition coefficient (Wildman–Crippen LogP) is 3.23. The molecule has 3 rings (SSSR count). The number of amides is 1. The van der Waals surface area contributed by atoms with Crippen LogP contribution in [0.25, 0.3) is 16.3 Å². The second-order valence-electron chi connectivity index (χ2n) is 6.15. The number of hydrogen-bond donors (Lipinski definition) is 0. The van der Waals surface area contributed by atoms with Gasteiger partial charge in [0.2, 0.25) is 0 Å². The summed E-state index contributed by atoms with van der Waals surface area (Å²) < 4.78 is 7.29. The lowest BCUT2D eigenvalue weighted by molar-refractivity contribution is -0.384. The third-order valence-electron chi connectivity index (χ3n) is 4.08. The molecule has 0 aliphatic rings. The maximum Gasteiger partial charge on any atom is 0.325 e. The van der Waals surface area contributed by atoms with E-state index in [-0.39, 0.29) is 12.2 Å². The van der Waals surface area contributed by atoms with Gasteiger partial charge < -0.3 is 9.30 Å². The van der Waals surface area contributed by atoms with E-state index in [0.29, 0.717) is 10.4 Å². The molecule has 0 aliphatic heterocycles. The molecule has 0 N–H and O–H groups in total. The maximum atomic E-state index is 12.3. The summed E-state index contributed by atoms with van der Waals surface area (Å²) in [6, 6.07) is 11.6. The first-order valence-corrected chi connectivity index (χ1v) is 9.37. The van der Waals surface area contributed by atoms with Gasteiger partial charge in [0.1, 0.15) is 6.54 Å². The Balaban J connectivity index is 1.93. The van der Waals surface area contributed by atoms with Crippen molar-refractivity contribution < 1.29 is 19.2 Å². The number of benzene rings is 2. The highest BCUT2D eigenvalue weighted by Gasteiger charge is 2.11. The summed E-state index contributed by atoms with van der Waals surface area (Å²) >= 11 is 1.30. The first kappa shape index (κ1) is 20.2. The number of ether oxygens (including phenoxy) is 1. The molecule has 1 heterocycles. The Morgan fingerprint density at radius 3 is 2.62 bits per heavy atom. The van der Waals surface area contributed by atoms with Crippen molar-refractivity contribution in [3.8, 4) is 0 Å². The van der Waals surface area contributed by atoms with E-state index in [1.165, 1.54) is 42.7 Å². The van der Waals surface area contributed by atoms with Gasteiger partial charge >= 0.3 is 5.97 Å². The highest BCUT2D eigenvalue weighted by molar-refractivity contribution is 7.16. The number of thiazole rings is 1. The first-order chi connectivity index (χ1) is 13.9. The Morgan fingerprint density at radius 1 is 1.24 bits per heavy atom. The first-order valence-electron chi connectivity index (χ1n) is 8.55. The molecule has 0 bridgehead atoms. The third kappa shape index (κ3) is 4.82. The van der Waals surface area contributed by atoms with Crippen LogP contribution in [0.2, 0.25) is 0 Å². The van der Waals surface area contributed by atoms with E-state index >= 15 is 0 Å². The Hall–Kier alpha value is -3.59. The van der Waals surface area contributed by atoms with Crippen molar-refractivity contribution in [2.75, 3.05) is 7.11 Å². The van der Waals surface area contributed by atoms with Gasteiger partial charge in [0.25, 0.3) is 11.6 Å². The summed E-state index contributed by atoms with van der Waals surface area (Å²) in [5.74, 6) is -0.953. The molecule has 9 heteroatoms. The summed E-state index contributed by atoms with van der Waals surface area (Å²) in [4.78, 5) is 38.8. The van der Waals surface area contributed by atoms with Gasteiger partial charge in [0.15, 0.2) is 4.80 Å². The predicted molar refractivity (Wildman–Crippen MR) is 109 cm³/mol. The number of carbonyl (C=O) groups is 2. The zero-order chi connectivity index (χ0) is 21.0. The molecule has 0 aliphatic carbocycles. The van der Waals surface area contributed by atoms with Gasteiger partial charge in [-0.2, -0.15) is 4.99 Å². The van der Waals surface area contributed by atoms with Gasteiger partial charge in [-0.15, -0.1) is 0 Å². The highest BCUT2D eigenvalue weighted by atomic mass is 32.1. The summed E-state index contributed by atoms with van der Waals surface area (Å²) in [6.07, 6.45) is 2.80. The quantitative estimate of drug-likeness (QED) is 0.277. The van der Waals surface area contributed by atoms with Crippen LogP contribution in [0.5, 0.6) is 0 Å². The van der Waals surface area contributed by atoms with E-state index in [9.17, 15) is 19.7 Å². The Labute approximate surface area is 169 Å². The molecule has 0 spiro atoms. The fourth-order valence-corrected chi connectivity index (χ4v) is 3.75. The van der Waals surface area contributed by atoms with Crippen molar-refractivity contribution in [3.63, 3.8) is 0 Å². The molecule has 1 amide bonds. The van der Waals surface area contributed by atoms with Crippen molar-refractivity contribution >= 4 is 45.2 Å². The second-order valence-corrected chi connectivity index (χ2v) is 7.16. The van der Waals surface area contributed by atoms with E-state index < -0.39 is 16.8 Å². The SMILES string of the molecule is COC(=O)Cn1c(=NC(=O)C=Cc2ccc([N+](=O)[O-])cc2)sc2cc(C)ccc21. The number of methoxy groups -OCH3 is 1. The number of rotatable bonds is 5. The Bertz CT molecular complexity index is 1190. The van der Waals surface area contributed by atoms with E-state index in [0.717, 1.165) is 15.8 Å². The molecule has 148 valence electrons. The fourth-order valence-electron chi connectivity index (χ4n) is 2.62. The van der Waals surface area contributed by atoms with Gasteiger partial charge in [-0.1, -0.05) is 17.4 Å². The van der Waals surface area contributed by atoms with E-state index in [2.05, 4.69) is 4.99 Å². The minimum absolute atomic E-state index is 0.0254. The van der Waals surface area contributed by atoms with Crippen LogP contribution >= 0.6 is 11.3 Å². The third-order valence-corrected chi connectivity index (χ3v) is 5.12. The Kier molecular flexibility index (Phi) is 5.99. The van der Waals surface area contributed by atoms with Crippen LogP contribution in [-0.4, -0.2) is 28.5 Å². The Morgan fingerprint density at radius 2 is 1.97 bits per heavy atom. The number of hydrogen-bond acceptors (Lipinski definition) is 6. The average molecular weight is 411 g/mol. The van der Waals surface area contributed by atoms with Crippen molar-refractivity contribution in [1.82, 2.24) is 4.57 Å². The molecule has 0 atom stereocenters. The van der Waals surface area contributed by atoms with Crippen LogP contribution in [-0.2, 0) is 20.9 Å². The van der Waals surface area contributed by atoms with Gasteiger partial charge in [-0.25, -0.2) is 0 Å². The zero-order valence-corrected chi connectivity index (χ0v) is 16.5. The van der Waals surface area contributed by atoms with Crippen molar-refractivity contribution in [1.29, 1.82) is 0 Å². The van der Waals surface area contributed by atoms with Crippen molar-refractivity contribution in [2.24, 2.45) is 4.99 Å². The number of nitro groups is 1. The number of aromatic nitrogens is 1. The fraction of sp³-hybridized carbons (Fsp3) is 0.150. The largest absolute Gasteiger partial charge is 0.468 e. The van der Waals surface area contributed by atoms with Crippen LogP contribution in [0.1, 0.15) is 11.1 Å². The van der Waals surface area contributed by atoms with Crippen LogP contribution in [0.15, 0.2) is 53.5 Å². The minimum Gasteiger partial charge on any atom is -0.468 e. The summed E-state index contributed by atoms with van der Waals surface area (Å²) in [6.45, 7) is 1.90. The lowest BCUT2D eigenvalue weighted by Gasteiger charge is -2.03. The molecule has 8 nitrogen and oxygen atoms in total. The normalized spacial score (nSPS) is 11.9. The number of nitro benzene ring substituents is 1. The summed E-state index contributed by atoms with van der Waals surface area (Å²) in [7, 11) is 1.30. The van der Waals surface area contributed by atoms with Gasteiger partial charge in [-0.3, -0.25) is 19.7 Å². The lowest BCUT2D eigenvalue weighted by atomic mass is 10.2. The molecule has 2 aromatic carbocycles. The van der Waals surface area contributed by atoms with E-state index in [1.54, 1.807) is 16.7 Å². The summed E-state index contributed by atoms with van der Waals surface area (Å²) in [5.41, 5.74) is 2.45. The molecule has 0 fully saturated rings. The molecular formula is C20H17N3O5S. The molecule has 0 saturated heterocycles. The van der Waals surface area contributed by atoms with Gasteiger partial charge in [-0.05, 0) is 48.4 Å². The monoisotopic (exact) mass is 411 g/mol. The number of nitrogens with zero attached hydrogens (tertiary/aromatic N) is 3. The van der Waals surface area contributed by atoms with Gasteiger partial charge in [0.05, 0.1) is 22.2 Å². The molecule has 0 saturated carbocycles. The molecule has 3 aromatic rings. The van der Waals surface area contributed by atoms with Crippen LogP contribution in [0.3, 0.4) is 0 Å². The smallest absolute Gasteiger partial charge is 0.325 e. The van der Waals surface area contributed by atoms with Crippen molar-refractivity contribution in [2.45, 2.75) is 13.5 Å². The topological polar surface area (TPSA) is 104 Å². The van der Waals surface area contributed by atoms with Crippen LogP contribution in [0, 0.1) is 17.0 Å². The molecular weight excluding hydrogens is 394 g/mol. The molecule has 0 unspecified atom stereocenters. The molecule has 1 aromatic heterocycles. The summed E-state index contributed by atoms with van der Waals surface area (Å²) in [5, 5.41) is 10.7. The molecule has 29 heavy (non-hydrogen) atoms. The maximum absolute atomic E-state index is 12.3. The number of non-ortho nitro benzene ring substituents is 1. The zero-order valence-electron chi connectivity index (χ0n) is 15.7. The molecule has 0 radical (unpaired) electrons. The van der Waals surface area contributed by atoms with Crippen LogP contribution < -0.4 is 4.80 Å². The second kappa shape index (κ2) is 8.61. The van der Waals surface area contributed by atoms with E-state index in [4.69, 9.17) is 4.74 Å². The number of aryl methyl sites for hydroxylation is 1. The van der Waals surface area contributed by atoms with Gasteiger partial charge in [0, 0.05) is 18.2 Å². The highest BCUT2D eigenvalue weighted by Crippen LogP contribution is 2.19. The number of esters is 1. The minimum atomic E-state index is -0.509. The lowest BCUT2D eigenvalue weighted by Crippen LogP contribution is -2.22. The average Bonchev–Trinajstić information content (AvgIpc) is 3.02. The number of fused-ring (bicyclic) bond motifs is 1.